The number of hydrogen-bond acceptors (Lipinski definition) is 2. The van der Waals surface area contributed by atoms with Gasteiger partial charge in [-0.05, 0) is 39.1 Å². The molecule has 1 aromatic carbocycles. The maximum atomic E-state index is 12.0. The van der Waals surface area contributed by atoms with Crippen LogP contribution >= 0.6 is 11.6 Å². The Morgan fingerprint density at radius 1 is 1.26 bits per heavy atom. The van der Waals surface area contributed by atoms with Gasteiger partial charge in [0.2, 0.25) is 5.91 Å². The van der Waals surface area contributed by atoms with Gasteiger partial charge in [0.15, 0.2) is 0 Å². The van der Waals surface area contributed by atoms with Gasteiger partial charge in [-0.1, -0.05) is 24.3 Å². The minimum absolute atomic E-state index is 0.0119. The maximum Gasteiger partial charge on any atom is 0.227 e. The lowest BCUT2D eigenvalue weighted by molar-refractivity contribution is -0.128. The summed E-state index contributed by atoms with van der Waals surface area (Å²) in [6.07, 6.45) is 0. The summed E-state index contributed by atoms with van der Waals surface area (Å²) >= 11 is 5.80. The van der Waals surface area contributed by atoms with Crippen LogP contribution in [0, 0.1) is 5.41 Å². The molecule has 0 spiro atoms. The minimum Gasteiger partial charge on any atom is -0.352 e. The number of amides is 1. The van der Waals surface area contributed by atoms with Crippen LogP contribution in [0.2, 0.25) is 0 Å². The second kappa shape index (κ2) is 6.92. The van der Waals surface area contributed by atoms with Gasteiger partial charge in [0.1, 0.15) is 0 Å². The Balaban J connectivity index is 2.70. The standard InChI is InChI=1S/C15H23ClN2O/c1-15(2,11-16)14(19)17-9-12-7-5-6-8-13(12)10-18(3)4/h5-8H,9-11H2,1-4H3,(H,17,19). The van der Waals surface area contributed by atoms with Gasteiger partial charge in [-0.3, -0.25) is 4.79 Å². The third-order valence-corrected chi connectivity index (χ3v) is 3.66. The van der Waals surface area contributed by atoms with E-state index >= 15 is 0 Å². The number of carbonyl (C=O) groups is 1. The van der Waals surface area contributed by atoms with Crippen molar-refractivity contribution in [2.45, 2.75) is 26.9 Å². The molecule has 0 unspecified atom stereocenters. The van der Waals surface area contributed by atoms with E-state index in [1.807, 2.05) is 46.1 Å². The van der Waals surface area contributed by atoms with E-state index in [9.17, 15) is 4.79 Å². The molecular weight excluding hydrogens is 260 g/mol. The lowest BCUT2D eigenvalue weighted by Crippen LogP contribution is -2.37. The molecule has 0 atom stereocenters. The summed E-state index contributed by atoms with van der Waals surface area (Å²) in [7, 11) is 4.07. The summed E-state index contributed by atoms with van der Waals surface area (Å²) in [5.74, 6) is 0.306. The summed E-state index contributed by atoms with van der Waals surface area (Å²) < 4.78 is 0. The normalized spacial score (nSPS) is 11.7. The van der Waals surface area contributed by atoms with Crippen molar-refractivity contribution in [3.05, 3.63) is 35.4 Å². The summed E-state index contributed by atoms with van der Waals surface area (Å²) in [5, 5.41) is 2.96. The molecule has 106 valence electrons. The number of carbonyl (C=O) groups excluding carboxylic acids is 1. The number of nitrogens with zero attached hydrogens (tertiary/aromatic N) is 1. The van der Waals surface area contributed by atoms with Crippen LogP contribution in [-0.2, 0) is 17.9 Å². The van der Waals surface area contributed by atoms with Crippen molar-refractivity contribution in [3.8, 4) is 0 Å². The average Bonchev–Trinajstić information content (AvgIpc) is 2.36. The summed E-state index contributed by atoms with van der Waals surface area (Å²) in [6.45, 7) is 5.11. The van der Waals surface area contributed by atoms with Crippen molar-refractivity contribution in [3.63, 3.8) is 0 Å². The molecule has 0 radical (unpaired) electrons. The Hall–Kier alpha value is -1.06. The molecule has 19 heavy (non-hydrogen) atoms. The van der Waals surface area contributed by atoms with E-state index in [1.54, 1.807) is 0 Å². The fraction of sp³-hybridized carbons (Fsp3) is 0.533. The van der Waals surface area contributed by atoms with Crippen molar-refractivity contribution >= 4 is 17.5 Å². The number of benzene rings is 1. The van der Waals surface area contributed by atoms with Crippen molar-refractivity contribution in [1.29, 1.82) is 0 Å². The first-order valence-electron chi connectivity index (χ1n) is 6.42. The third-order valence-electron chi connectivity index (χ3n) is 2.99. The zero-order valence-electron chi connectivity index (χ0n) is 12.2. The molecule has 0 aliphatic carbocycles. The fourth-order valence-corrected chi connectivity index (χ4v) is 1.82. The number of hydrogen-bond donors (Lipinski definition) is 1. The first-order valence-corrected chi connectivity index (χ1v) is 6.96. The van der Waals surface area contributed by atoms with Gasteiger partial charge in [-0.15, -0.1) is 11.6 Å². The summed E-state index contributed by atoms with van der Waals surface area (Å²) in [5.41, 5.74) is 1.85. The average molecular weight is 283 g/mol. The van der Waals surface area contributed by atoms with E-state index < -0.39 is 5.41 Å². The SMILES string of the molecule is CN(C)Cc1ccccc1CNC(=O)C(C)(C)CCl. The lowest BCUT2D eigenvalue weighted by Gasteiger charge is -2.21. The molecule has 1 rings (SSSR count). The van der Waals surface area contributed by atoms with E-state index in [1.165, 1.54) is 5.56 Å². The molecule has 0 aliphatic heterocycles. The molecule has 0 aromatic heterocycles. The Kier molecular flexibility index (Phi) is 5.83. The fourth-order valence-electron chi connectivity index (χ4n) is 1.70. The molecule has 0 saturated heterocycles. The molecule has 0 aliphatic rings. The first kappa shape index (κ1) is 16.0. The monoisotopic (exact) mass is 282 g/mol. The predicted octanol–water partition coefficient (Wildman–Crippen LogP) is 2.63. The molecule has 0 saturated carbocycles. The van der Waals surface area contributed by atoms with Crippen LogP contribution in [0.5, 0.6) is 0 Å². The van der Waals surface area contributed by atoms with E-state index in [2.05, 4.69) is 16.3 Å². The first-order chi connectivity index (χ1) is 8.86. The third kappa shape index (κ3) is 4.84. The molecular formula is C15H23ClN2O. The Morgan fingerprint density at radius 3 is 2.37 bits per heavy atom. The highest BCUT2D eigenvalue weighted by Gasteiger charge is 2.26. The minimum atomic E-state index is -0.530. The van der Waals surface area contributed by atoms with Crippen molar-refractivity contribution in [2.24, 2.45) is 5.41 Å². The van der Waals surface area contributed by atoms with Crippen LogP contribution in [0.1, 0.15) is 25.0 Å². The second-order valence-electron chi connectivity index (χ2n) is 5.71. The Morgan fingerprint density at radius 2 is 1.84 bits per heavy atom. The highest BCUT2D eigenvalue weighted by Crippen LogP contribution is 2.17. The molecule has 1 aromatic rings. The highest BCUT2D eigenvalue weighted by molar-refractivity contribution is 6.19. The lowest BCUT2D eigenvalue weighted by atomic mass is 9.95. The van der Waals surface area contributed by atoms with E-state index in [0.29, 0.717) is 12.4 Å². The molecule has 0 heterocycles. The van der Waals surface area contributed by atoms with Crippen LogP contribution in [-0.4, -0.2) is 30.8 Å². The molecule has 0 fully saturated rings. The van der Waals surface area contributed by atoms with Crippen molar-refractivity contribution in [1.82, 2.24) is 10.2 Å². The predicted molar refractivity (Wildman–Crippen MR) is 80.2 cm³/mol. The van der Waals surface area contributed by atoms with Gasteiger partial charge in [-0.25, -0.2) is 0 Å². The number of alkyl halides is 1. The topological polar surface area (TPSA) is 32.3 Å². The number of nitrogens with one attached hydrogen (secondary N) is 1. The zero-order chi connectivity index (χ0) is 14.5. The van der Waals surface area contributed by atoms with Crippen LogP contribution < -0.4 is 5.32 Å². The van der Waals surface area contributed by atoms with Gasteiger partial charge >= 0.3 is 0 Å². The maximum absolute atomic E-state index is 12.0. The van der Waals surface area contributed by atoms with Gasteiger partial charge in [-0.2, -0.15) is 0 Å². The molecule has 3 nitrogen and oxygen atoms in total. The largest absolute Gasteiger partial charge is 0.352 e. The van der Waals surface area contributed by atoms with Crippen LogP contribution in [0.3, 0.4) is 0 Å². The van der Waals surface area contributed by atoms with Gasteiger partial charge in [0.05, 0.1) is 5.41 Å². The summed E-state index contributed by atoms with van der Waals surface area (Å²) in [4.78, 5) is 14.1. The molecule has 1 N–H and O–H groups in total. The number of halogens is 1. The van der Waals surface area contributed by atoms with Crippen LogP contribution in [0.25, 0.3) is 0 Å². The quantitative estimate of drug-likeness (QED) is 0.814. The molecule has 1 amide bonds. The smallest absolute Gasteiger partial charge is 0.227 e. The molecule has 4 heteroatoms. The molecule has 0 bridgehead atoms. The van der Waals surface area contributed by atoms with Gasteiger partial charge < -0.3 is 10.2 Å². The zero-order valence-corrected chi connectivity index (χ0v) is 12.9. The van der Waals surface area contributed by atoms with Gasteiger partial charge in [0.25, 0.3) is 0 Å². The second-order valence-corrected chi connectivity index (χ2v) is 5.97. The van der Waals surface area contributed by atoms with Gasteiger partial charge in [0, 0.05) is 19.0 Å². The van der Waals surface area contributed by atoms with E-state index in [0.717, 1.165) is 12.1 Å². The van der Waals surface area contributed by atoms with Crippen molar-refractivity contribution in [2.75, 3.05) is 20.0 Å². The van der Waals surface area contributed by atoms with Crippen molar-refractivity contribution < 1.29 is 4.79 Å². The van der Waals surface area contributed by atoms with E-state index in [-0.39, 0.29) is 5.91 Å². The highest BCUT2D eigenvalue weighted by atomic mass is 35.5. The van der Waals surface area contributed by atoms with Crippen LogP contribution in [0.15, 0.2) is 24.3 Å². The summed E-state index contributed by atoms with van der Waals surface area (Å²) in [6, 6.07) is 8.15. The Labute approximate surface area is 120 Å². The Bertz CT molecular complexity index is 430. The van der Waals surface area contributed by atoms with Crippen LogP contribution in [0.4, 0.5) is 0 Å². The number of rotatable bonds is 6. The van der Waals surface area contributed by atoms with E-state index in [4.69, 9.17) is 11.6 Å².